The van der Waals surface area contributed by atoms with Crippen LogP contribution in [0.3, 0.4) is 0 Å². The highest BCUT2D eigenvalue weighted by atomic mass is 79.9. The minimum Gasteiger partial charge on any atom is -0.488 e. The van der Waals surface area contributed by atoms with Crippen LogP contribution in [0, 0.1) is 6.92 Å². The lowest BCUT2D eigenvalue weighted by atomic mass is 10.0. The first-order chi connectivity index (χ1) is 10.1. The van der Waals surface area contributed by atoms with E-state index in [1.807, 2.05) is 12.1 Å². The molecule has 110 valence electrons. The highest BCUT2D eigenvalue weighted by Crippen LogP contribution is 2.31. The van der Waals surface area contributed by atoms with E-state index in [1.165, 1.54) is 16.7 Å². The number of benzene rings is 2. The molecule has 3 heteroatoms. The summed E-state index contributed by atoms with van der Waals surface area (Å²) in [4.78, 5) is 0. The maximum Gasteiger partial charge on any atom is 0.123 e. The second kappa shape index (κ2) is 6.20. The summed E-state index contributed by atoms with van der Waals surface area (Å²) in [5, 5.41) is 3.59. The highest BCUT2D eigenvalue weighted by Gasteiger charge is 2.23. The first-order valence-corrected chi connectivity index (χ1v) is 8.17. The monoisotopic (exact) mass is 345 g/mol. The summed E-state index contributed by atoms with van der Waals surface area (Å²) in [5.41, 5.74) is 3.98. The average Bonchev–Trinajstić information content (AvgIpc) is 2.87. The van der Waals surface area contributed by atoms with E-state index in [-0.39, 0.29) is 6.10 Å². The van der Waals surface area contributed by atoms with Crippen molar-refractivity contribution in [1.29, 1.82) is 0 Å². The summed E-state index contributed by atoms with van der Waals surface area (Å²) in [6.07, 6.45) is 1.20. The minimum atomic E-state index is 0.223. The first kappa shape index (κ1) is 14.6. The van der Waals surface area contributed by atoms with Crippen LogP contribution in [-0.4, -0.2) is 12.6 Å². The molecule has 0 aliphatic carbocycles. The van der Waals surface area contributed by atoms with Crippen LogP contribution in [-0.2, 0) is 6.42 Å². The minimum absolute atomic E-state index is 0.223. The lowest BCUT2D eigenvalue weighted by Crippen LogP contribution is -2.32. The molecule has 2 nitrogen and oxygen atoms in total. The van der Waals surface area contributed by atoms with Gasteiger partial charge < -0.3 is 10.1 Å². The van der Waals surface area contributed by atoms with Crippen molar-refractivity contribution in [2.24, 2.45) is 0 Å². The van der Waals surface area contributed by atoms with Gasteiger partial charge in [0.2, 0.25) is 0 Å². The van der Waals surface area contributed by atoms with Gasteiger partial charge in [-0.05, 0) is 48.7 Å². The Kier molecular flexibility index (Phi) is 4.32. The van der Waals surface area contributed by atoms with Gasteiger partial charge in [-0.1, -0.05) is 40.2 Å². The fraction of sp³-hybridized carbons (Fsp3) is 0.333. The molecule has 0 spiro atoms. The Morgan fingerprint density at radius 3 is 2.90 bits per heavy atom. The summed E-state index contributed by atoms with van der Waals surface area (Å²) < 4.78 is 7.11. The molecule has 0 saturated heterocycles. The summed E-state index contributed by atoms with van der Waals surface area (Å²) in [7, 11) is 0. The van der Waals surface area contributed by atoms with Gasteiger partial charge >= 0.3 is 0 Å². The van der Waals surface area contributed by atoms with Gasteiger partial charge in [-0.3, -0.25) is 0 Å². The normalized spacial score (nSPS) is 18.1. The van der Waals surface area contributed by atoms with Crippen LogP contribution < -0.4 is 10.1 Å². The van der Waals surface area contributed by atoms with Crippen LogP contribution in [0.2, 0.25) is 0 Å². The molecule has 0 aromatic heterocycles. The SMILES string of the molecule is Cc1ccccc1[C@@H](C)NCC1Cc2cc(Br)ccc2O1. The Morgan fingerprint density at radius 1 is 1.29 bits per heavy atom. The molecule has 1 heterocycles. The summed E-state index contributed by atoms with van der Waals surface area (Å²) in [6.45, 7) is 5.23. The number of ether oxygens (including phenoxy) is 1. The molecule has 1 aliphatic rings. The number of hydrogen-bond acceptors (Lipinski definition) is 2. The lowest BCUT2D eigenvalue weighted by Gasteiger charge is -2.19. The second-order valence-corrected chi connectivity index (χ2v) is 6.60. The van der Waals surface area contributed by atoms with E-state index in [4.69, 9.17) is 4.74 Å². The predicted molar refractivity (Wildman–Crippen MR) is 89.9 cm³/mol. The Hall–Kier alpha value is -1.32. The van der Waals surface area contributed by atoms with Crippen LogP contribution in [0.1, 0.15) is 29.7 Å². The number of nitrogens with one attached hydrogen (secondary N) is 1. The van der Waals surface area contributed by atoms with Gasteiger partial charge in [-0.25, -0.2) is 0 Å². The molecule has 2 aromatic rings. The number of rotatable bonds is 4. The number of fused-ring (bicyclic) bond motifs is 1. The highest BCUT2D eigenvalue weighted by molar-refractivity contribution is 9.10. The number of aryl methyl sites for hydroxylation is 1. The molecule has 21 heavy (non-hydrogen) atoms. The van der Waals surface area contributed by atoms with Gasteiger partial charge in [0.05, 0.1) is 0 Å². The summed E-state index contributed by atoms with van der Waals surface area (Å²) in [5.74, 6) is 1.02. The van der Waals surface area contributed by atoms with Gasteiger partial charge in [0.1, 0.15) is 11.9 Å². The summed E-state index contributed by atoms with van der Waals surface area (Å²) in [6, 6.07) is 15.1. The van der Waals surface area contributed by atoms with Crippen molar-refractivity contribution in [3.63, 3.8) is 0 Å². The second-order valence-electron chi connectivity index (χ2n) is 5.68. The zero-order valence-electron chi connectivity index (χ0n) is 12.4. The van der Waals surface area contributed by atoms with Crippen molar-refractivity contribution in [2.75, 3.05) is 6.54 Å². The summed E-state index contributed by atoms with van der Waals surface area (Å²) >= 11 is 3.51. The largest absolute Gasteiger partial charge is 0.488 e. The van der Waals surface area contributed by atoms with E-state index in [9.17, 15) is 0 Å². The van der Waals surface area contributed by atoms with Crippen LogP contribution in [0.4, 0.5) is 0 Å². The molecule has 1 unspecified atom stereocenters. The fourth-order valence-corrected chi connectivity index (χ4v) is 3.30. The number of halogens is 1. The Balaban J connectivity index is 1.59. The molecule has 0 bridgehead atoms. The zero-order chi connectivity index (χ0) is 14.8. The van der Waals surface area contributed by atoms with E-state index in [2.05, 4.69) is 65.4 Å². The van der Waals surface area contributed by atoms with Crippen LogP contribution in [0.25, 0.3) is 0 Å². The maximum absolute atomic E-state index is 6.00. The van der Waals surface area contributed by atoms with E-state index >= 15 is 0 Å². The van der Waals surface area contributed by atoms with E-state index in [1.54, 1.807) is 0 Å². The molecule has 1 N–H and O–H groups in total. The molecular weight excluding hydrogens is 326 g/mol. The van der Waals surface area contributed by atoms with Crippen molar-refractivity contribution < 1.29 is 4.74 Å². The van der Waals surface area contributed by atoms with Crippen LogP contribution >= 0.6 is 15.9 Å². The molecule has 0 saturated carbocycles. The fourth-order valence-electron chi connectivity index (χ4n) is 2.89. The van der Waals surface area contributed by atoms with Gasteiger partial charge in [-0.15, -0.1) is 0 Å². The van der Waals surface area contributed by atoms with Gasteiger partial charge in [0.15, 0.2) is 0 Å². The third-order valence-corrected chi connectivity index (χ3v) is 4.56. The third kappa shape index (κ3) is 3.30. The lowest BCUT2D eigenvalue weighted by molar-refractivity contribution is 0.222. The van der Waals surface area contributed by atoms with E-state index in [0.717, 1.165) is 23.2 Å². The van der Waals surface area contributed by atoms with Crippen LogP contribution in [0.5, 0.6) is 5.75 Å². The maximum atomic E-state index is 6.00. The van der Waals surface area contributed by atoms with E-state index in [0.29, 0.717) is 6.04 Å². The van der Waals surface area contributed by atoms with Crippen molar-refractivity contribution in [2.45, 2.75) is 32.4 Å². The average molecular weight is 346 g/mol. The van der Waals surface area contributed by atoms with Crippen molar-refractivity contribution in [1.82, 2.24) is 5.32 Å². The standard InChI is InChI=1S/C18H20BrNO/c1-12-5-3-4-6-17(12)13(2)20-11-16-10-14-9-15(19)7-8-18(14)21-16/h3-9,13,16,20H,10-11H2,1-2H3/t13-,16?/m1/s1. The quantitative estimate of drug-likeness (QED) is 0.885. The zero-order valence-corrected chi connectivity index (χ0v) is 14.0. The Morgan fingerprint density at radius 2 is 2.10 bits per heavy atom. The molecule has 3 rings (SSSR count). The predicted octanol–water partition coefficient (Wildman–Crippen LogP) is 4.41. The Labute approximate surface area is 134 Å². The molecule has 0 radical (unpaired) electrons. The van der Waals surface area contributed by atoms with Crippen molar-refractivity contribution in [3.05, 3.63) is 63.6 Å². The Bertz CT molecular complexity index is 641. The first-order valence-electron chi connectivity index (χ1n) is 7.37. The van der Waals surface area contributed by atoms with Gasteiger partial charge in [0.25, 0.3) is 0 Å². The number of hydrogen-bond donors (Lipinski definition) is 1. The van der Waals surface area contributed by atoms with Crippen molar-refractivity contribution >= 4 is 15.9 Å². The molecule has 2 aromatic carbocycles. The van der Waals surface area contributed by atoms with Gasteiger partial charge in [0, 0.05) is 23.5 Å². The molecule has 2 atom stereocenters. The molecule has 1 aliphatic heterocycles. The van der Waals surface area contributed by atoms with Crippen molar-refractivity contribution in [3.8, 4) is 5.75 Å². The van der Waals surface area contributed by atoms with E-state index < -0.39 is 0 Å². The van der Waals surface area contributed by atoms with Gasteiger partial charge in [-0.2, -0.15) is 0 Å². The van der Waals surface area contributed by atoms with Crippen LogP contribution in [0.15, 0.2) is 46.9 Å². The molecule has 0 fully saturated rings. The molecular formula is C18H20BrNO. The third-order valence-electron chi connectivity index (χ3n) is 4.07. The molecule has 0 amide bonds. The smallest absolute Gasteiger partial charge is 0.123 e. The topological polar surface area (TPSA) is 21.3 Å².